The Labute approximate surface area is 727 Å². The van der Waals surface area contributed by atoms with Crippen molar-refractivity contribution in [3.05, 3.63) is 170 Å². The van der Waals surface area contributed by atoms with Gasteiger partial charge in [-0.05, 0) is 191 Å². The number of nitriles is 1. The van der Waals surface area contributed by atoms with Crippen molar-refractivity contribution < 1.29 is 90.4 Å². The highest BCUT2D eigenvalue weighted by Crippen LogP contribution is 2.58. The molecule has 11 atom stereocenters. The highest BCUT2D eigenvalue weighted by atomic mass is 128. The van der Waals surface area contributed by atoms with E-state index in [9.17, 15) is 43.8 Å². The first-order valence-corrected chi connectivity index (χ1v) is 50.0. The Hall–Kier alpha value is -7.72. The van der Waals surface area contributed by atoms with E-state index in [1.54, 1.807) is 124 Å². The Morgan fingerprint density at radius 1 is 0.471 bits per heavy atom. The summed E-state index contributed by atoms with van der Waals surface area (Å²) in [5.41, 5.74) is 1.51. The smallest absolute Gasteiger partial charge is 0.472 e. The summed E-state index contributed by atoms with van der Waals surface area (Å²) < 4.78 is 73.4. The van der Waals surface area contributed by atoms with Gasteiger partial charge >= 0.3 is 7.82 Å². The predicted octanol–water partition coefficient (Wildman–Crippen LogP) is 17.2. The molecule has 10 aliphatic rings. The second-order valence-corrected chi connectivity index (χ2v) is 37.1. The second kappa shape index (κ2) is 38.4. The molecule has 15 rings (SSSR count). The van der Waals surface area contributed by atoms with Crippen LogP contribution in [0.2, 0.25) is 0 Å². The van der Waals surface area contributed by atoms with Crippen molar-refractivity contribution in [1.82, 2.24) is 24.5 Å². The lowest BCUT2D eigenvalue weighted by molar-refractivity contribution is -0.151. The van der Waals surface area contributed by atoms with Gasteiger partial charge in [-0.15, -0.1) is 0 Å². The summed E-state index contributed by atoms with van der Waals surface area (Å²) in [5.74, 6) is 3.06. The van der Waals surface area contributed by atoms with Crippen LogP contribution >= 0.6 is 74.4 Å². The lowest BCUT2D eigenvalue weighted by Gasteiger charge is -2.47. The molecule has 0 radical (unpaired) electrons. The van der Waals surface area contributed by atoms with E-state index in [-0.39, 0.29) is 68.0 Å². The van der Waals surface area contributed by atoms with Gasteiger partial charge in [0.1, 0.15) is 87.3 Å². The van der Waals surface area contributed by atoms with Crippen LogP contribution < -0.4 is 23.7 Å². The maximum atomic E-state index is 13.5. The Kier molecular flexibility index (Phi) is 29.7. The van der Waals surface area contributed by atoms with Gasteiger partial charge in [-0.25, -0.2) is 23.9 Å². The Balaban J connectivity index is 0.000000165. The van der Waals surface area contributed by atoms with E-state index in [4.69, 9.17) is 101 Å². The molecular weight excluding hydrogens is 1840 g/mol. The molecule has 10 heterocycles. The number of phosphoric acid groups is 1. The minimum Gasteiger partial charge on any atom is -0.485 e. The van der Waals surface area contributed by atoms with Crippen molar-refractivity contribution in [3.63, 3.8) is 0 Å². The fraction of sp³-hybridized carbons (Fsp3) is 0.524. The van der Waals surface area contributed by atoms with Gasteiger partial charge in [0, 0.05) is 130 Å². The molecule has 10 aliphatic heterocycles. The third-order valence-corrected chi connectivity index (χ3v) is 24.5. The molecule has 0 spiro atoms. The normalized spacial score (nSPS) is 25.8. The molecule has 0 bridgehead atoms. The number of halogens is 4. The average molecular weight is 1940 g/mol. The van der Waals surface area contributed by atoms with Gasteiger partial charge in [0.15, 0.2) is 22.7 Å². The van der Waals surface area contributed by atoms with E-state index >= 15 is 0 Å². The van der Waals surface area contributed by atoms with Gasteiger partial charge in [-0.2, -0.15) is 5.26 Å². The molecule has 5 saturated heterocycles. The number of likely N-dealkylation sites (tertiary alicyclic amines) is 5. The second-order valence-electron chi connectivity index (χ2n) is 32.7. The van der Waals surface area contributed by atoms with E-state index in [2.05, 4.69) is 62.7 Å². The maximum absolute atomic E-state index is 13.5. The molecule has 0 aliphatic carbocycles. The van der Waals surface area contributed by atoms with Gasteiger partial charge in [-0.3, -0.25) is 33.0 Å². The van der Waals surface area contributed by atoms with Crippen LogP contribution in [0.1, 0.15) is 197 Å². The van der Waals surface area contributed by atoms with Crippen LogP contribution in [0.25, 0.3) is 19.4 Å². The molecule has 1 unspecified atom stereocenters. The first-order chi connectivity index (χ1) is 56.5. The van der Waals surface area contributed by atoms with Crippen LogP contribution in [-0.4, -0.2) is 187 Å². The number of carbonyl (C=O) groups is 5. The van der Waals surface area contributed by atoms with Crippen molar-refractivity contribution in [2.75, 3.05) is 59.2 Å². The van der Waals surface area contributed by atoms with Crippen LogP contribution in [0.15, 0.2) is 91.0 Å². The van der Waals surface area contributed by atoms with E-state index in [1.807, 2.05) is 60.3 Å². The number of nitrogens with zero attached hydrogens (tertiary/aromatic N) is 10. The molecule has 5 fully saturated rings. The number of carbonyl (C=O) groups excluding carboxylic acids is 5. The number of hydrogen-bond acceptors (Lipinski definition) is 19. The zero-order valence-corrected chi connectivity index (χ0v) is 75.2. The molecule has 5 aromatic rings. The molecule has 5 amide bonds. The largest absolute Gasteiger partial charge is 0.485 e. The number of phosphoric ester groups is 1. The summed E-state index contributed by atoms with van der Waals surface area (Å²) in [5, 5.41) is 29.4. The van der Waals surface area contributed by atoms with Crippen LogP contribution in [-0.2, 0) is 51.6 Å². The standard InChI is InChI=1S/C34H39N4O9P.C18H22N2O4.C16H17Cl2N2O3P.C16H18N2O3.I2/c1-33(2)31(29(37-14-6-8-27(37)39)23-18-21(20-35)10-12-25(23)45-33)43-16-17-44-48(41,42)47-32-30(38-15-7-9-28(38)40)24-19-22(36-5)11-13-26(24)46-34(32,3)4;1-18(2)17(23-10-9-21)16(20-8-4-5-15(20)22)13-11-12(19-3)6-7-14(13)24-18;1-16(2)15(23-24(17)18)14(20-8-4-5-13(20)21)11-9-10(19-3)6-7-12(11)22-16;1-16(2)15(20)14(18-8-4-5-13(18)19)11-9-10(17-3)6-7-12(11)21-16;1-2/h10-13,18-19,29-32H,6-9,14-17H2,1-4H3,(H,41,42);6-7,11,16-17,21H,4-5,8-10H2,1-2H3;6-7,9,14-15H,4-5,8H2,1-2H3;6-7,9,14-15,20H,4-5,8H2,1-2H3;/t29-,30-,31+,32+;16-,17+;2*14-,15+;/m1111./s1. The summed E-state index contributed by atoms with van der Waals surface area (Å²) in [6.45, 7) is 48.3. The molecule has 634 valence electrons. The Morgan fingerprint density at radius 3 is 1.09 bits per heavy atom. The number of aliphatic hydroxyl groups excluding tert-OH is 2. The molecule has 35 heteroatoms. The van der Waals surface area contributed by atoms with E-state index in [0.29, 0.717) is 146 Å². The fourth-order valence-corrected chi connectivity index (χ4v) is 19.4. The zero-order chi connectivity index (χ0) is 86.4. The van der Waals surface area contributed by atoms with Gasteiger partial charge in [0.05, 0.1) is 94.6 Å². The minimum absolute atomic E-state index is 0.0300. The molecule has 5 aromatic carbocycles. The SMILES string of the molecule is II.[C-]#[N+]c1ccc2c(c1)[C@@H](N1CCCC1=O)[C@H](O)C(C)(C)O2.[C-]#[N+]c1ccc2c(c1)[C@@H](N1CCCC1=O)[C@H](OCCO)C(C)(C)O2.[C-]#[N+]c1ccc2c(c1)[C@@H](N1CCCC1=O)[C@H](OP(=O)(O)OCCO[C@H]1[C@H](N3CCCC3=O)c3cc(C#N)ccc3OC1(C)C)C(C)(C)O2.[C-]#[N+]c1ccc2c(c1)[C@@H](N1CCCC1=O)[C@H](OP(Cl)Cl)C(C)(C)O2. The molecule has 29 nitrogen and oxygen atoms in total. The van der Waals surface area contributed by atoms with Crippen molar-refractivity contribution in [3.8, 4) is 34.8 Å². The number of aliphatic hydroxyl groups is 2. The van der Waals surface area contributed by atoms with Gasteiger partial charge in [-0.1, -0.05) is 24.3 Å². The number of amides is 5. The fourth-order valence-electron chi connectivity index (χ4n) is 17.3. The average Bonchev–Trinajstić information content (AvgIpc) is 1.31. The molecule has 3 N–H and O–H groups in total. The van der Waals surface area contributed by atoms with Crippen molar-refractivity contribution >= 4 is 127 Å². The van der Waals surface area contributed by atoms with E-state index < -0.39 is 91.3 Å². The van der Waals surface area contributed by atoms with Crippen LogP contribution in [0.5, 0.6) is 28.7 Å². The summed E-state index contributed by atoms with van der Waals surface area (Å²) in [6, 6.07) is 25.4. The predicted molar refractivity (Wildman–Crippen MR) is 459 cm³/mol. The van der Waals surface area contributed by atoms with Crippen LogP contribution in [0, 0.1) is 37.6 Å². The monoisotopic (exact) mass is 1930 g/mol. The molecule has 119 heavy (non-hydrogen) atoms. The van der Waals surface area contributed by atoms with E-state index in [1.165, 1.54) is 0 Å². The van der Waals surface area contributed by atoms with E-state index in [0.717, 1.165) is 36.0 Å². The van der Waals surface area contributed by atoms with Gasteiger partial charge in [0.2, 0.25) is 36.4 Å². The summed E-state index contributed by atoms with van der Waals surface area (Å²) in [6.07, 6.45) is 2.46. The number of rotatable bonds is 17. The summed E-state index contributed by atoms with van der Waals surface area (Å²) >= 11 is 16.1. The van der Waals surface area contributed by atoms with Gasteiger partial charge < -0.3 is 77.3 Å². The lowest BCUT2D eigenvalue weighted by Crippen LogP contribution is -2.55. The first-order valence-electron chi connectivity index (χ1n) is 39.1. The number of ether oxygens (including phenoxy) is 7. The topological polar surface area (TPSA) is 313 Å². The van der Waals surface area contributed by atoms with Crippen molar-refractivity contribution in [2.45, 2.75) is 222 Å². The first kappa shape index (κ1) is 92.0. The Bertz CT molecular complexity index is 4930. The van der Waals surface area contributed by atoms with Crippen molar-refractivity contribution in [2.24, 2.45) is 0 Å². The van der Waals surface area contributed by atoms with Crippen LogP contribution in [0.4, 0.5) is 22.7 Å². The van der Waals surface area contributed by atoms with Gasteiger partial charge in [0.25, 0.3) is 0 Å². The summed E-state index contributed by atoms with van der Waals surface area (Å²) in [4.78, 5) is 96.4. The molecule has 0 saturated carbocycles. The van der Waals surface area contributed by atoms with Crippen LogP contribution in [0.3, 0.4) is 0 Å². The highest BCUT2D eigenvalue weighted by molar-refractivity contribution is 15.0. The zero-order valence-electron chi connectivity index (χ0n) is 67.6. The third kappa shape index (κ3) is 20.2. The summed E-state index contributed by atoms with van der Waals surface area (Å²) in [7, 11) is -4.77. The van der Waals surface area contributed by atoms with Crippen molar-refractivity contribution in [1.29, 1.82) is 5.26 Å². The maximum Gasteiger partial charge on any atom is 0.472 e. The Morgan fingerprint density at radius 2 is 0.765 bits per heavy atom. The number of benzene rings is 5. The highest BCUT2D eigenvalue weighted by Gasteiger charge is 2.56. The lowest BCUT2D eigenvalue weighted by atomic mass is 9.84. The quantitative estimate of drug-likeness (QED) is 0.0337. The molecule has 0 aromatic heterocycles. The number of hydrogen-bond donors (Lipinski definition) is 3. The molecular formula is C84H96Cl2I2N10O19P2. The number of fused-ring (bicyclic) bond motifs is 5. The minimum atomic E-state index is -4.77. The third-order valence-electron chi connectivity index (χ3n) is 22.7.